The molecule has 1 aromatic carbocycles. The predicted octanol–water partition coefficient (Wildman–Crippen LogP) is 2.34. The fraction of sp³-hybridized carbons (Fsp3) is 0.524. The first-order valence-corrected chi connectivity index (χ1v) is 10.0. The van der Waals surface area contributed by atoms with E-state index in [4.69, 9.17) is 9.47 Å². The molecule has 0 saturated heterocycles. The molecule has 2 N–H and O–H groups in total. The van der Waals surface area contributed by atoms with Gasteiger partial charge >= 0.3 is 0 Å². The molecule has 1 heterocycles. The van der Waals surface area contributed by atoms with Gasteiger partial charge in [-0.3, -0.25) is 9.59 Å². The fourth-order valence-electron chi connectivity index (χ4n) is 2.55. The lowest BCUT2D eigenvalue weighted by Crippen LogP contribution is -2.27. The zero-order valence-corrected chi connectivity index (χ0v) is 17.4. The number of hydrogen-bond acceptors (Lipinski definition) is 6. The Balaban J connectivity index is 1.88. The number of aryl methyl sites for hydroxylation is 1. The summed E-state index contributed by atoms with van der Waals surface area (Å²) in [6.07, 6.45) is 1.39. The van der Waals surface area contributed by atoms with E-state index in [9.17, 15) is 9.59 Å². The van der Waals surface area contributed by atoms with Crippen LogP contribution >= 0.6 is 0 Å². The highest BCUT2D eigenvalue weighted by atomic mass is 16.5. The van der Waals surface area contributed by atoms with Crippen LogP contribution in [0.15, 0.2) is 29.1 Å². The van der Waals surface area contributed by atoms with E-state index in [0.29, 0.717) is 43.9 Å². The predicted molar refractivity (Wildman–Crippen MR) is 111 cm³/mol. The first-order chi connectivity index (χ1) is 14.0. The summed E-state index contributed by atoms with van der Waals surface area (Å²) in [4.78, 5) is 26.9. The van der Waals surface area contributed by atoms with Gasteiger partial charge in [0.1, 0.15) is 18.1 Å². The van der Waals surface area contributed by atoms with Crippen LogP contribution in [0.5, 0.6) is 5.75 Å². The molecule has 2 rings (SSSR count). The van der Waals surface area contributed by atoms with Crippen LogP contribution in [-0.2, 0) is 16.0 Å². The van der Waals surface area contributed by atoms with Gasteiger partial charge in [-0.05, 0) is 43.5 Å². The Hall–Kier alpha value is -2.74. The average Bonchev–Trinajstić information content (AvgIpc) is 2.70. The van der Waals surface area contributed by atoms with Crippen LogP contribution in [-0.4, -0.2) is 47.5 Å². The maximum Gasteiger partial charge on any atom is 0.273 e. The van der Waals surface area contributed by atoms with Crippen molar-refractivity contribution in [3.8, 4) is 17.1 Å². The number of ether oxygens (including phenoxy) is 2. The summed E-state index contributed by atoms with van der Waals surface area (Å²) in [5, 5.41) is 10.9. The second-order valence-electron chi connectivity index (χ2n) is 7.05. The van der Waals surface area contributed by atoms with E-state index in [-0.39, 0.29) is 30.0 Å². The quantitative estimate of drug-likeness (QED) is 0.528. The number of carbonyl (C=O) groups is 1. The van der Waals surface area contributed by atoms with Crippen molar-refractivity contribution < 1.29 is 14.3 Å². The first kappa shape index (κ1) is 22.5. The van der Waals surface area contributed by atoms with E-state index in [1.54, 1.807) is 24.3 Å². The summed E-state index contributed by atoms with van der Waals surface area (Å²) in [5.41, 5.74) is 0.649. The van der Waals surface area contributed by atoms with E-state index in [2.05, 4.69) is 34.3 Å². The normalized spacial score (nSPS) is 10.9. The van der Waals surface area contributed by atoms with Crippen molar-refractivity contribution in [3.63, 3.8) is 0 Å². The fourth-order valence-corrected chi connectivity index (χ4v) is 2.55. The summed E-state index contributed by atoms with van der Waals surface area (Å²) < 4.78 is 10.8. The van der Waals surface area contributed by atoms with Crippen molar-refractivity contribution in [2.45, 2.75) is 40.0 Å². The van der Waals surface area contributed by atoms with Gasteiger partial charge in [0.2, 0.25) is 5.91 Å². The largest absolute Gasteiger partial charge is 0.491 e. The van der Waals surface area contributed by atoms with Crippen molar-refractivity contribution in [1.82, 2.24) is 20.5 Å². The van der Waals surface area contributed by atoms with Crippen LogP contribution in [0.1, 0.15) is 39.3 Å². The number of nitrogens with one attached hydrogen (secondary N) is 2. The van der Waals surface area contributed by atoms with Crippen molar-refractivity contribution in [2.75, 3.05) is 26.4 Å². The van der Waals surface area contributed by atoms with Crippen LogP contribution in [0.25, 0.3) is 11.4 Å². The Labute approximate surface area is 171 Å². The molecule has 0 aliphatic heterocycles. The van der Waals surface area contributed by atoms with Gasteiger partial charge in [-0.15, -0.1) is 10.2 Å². The number of carbonyl (C=O) groups excluding carboxylic acids is 1. The molecular weight excluding hydrogens is 372 g/mol. The second kappa shape index (κ2) is 12.0. The zero-order valence-electron chi connectivity index (χ0n) is 17.4. The van der Waals surface area contributed by atoms with E-state index < -0.39 is 0 Å². The van der Waals surface area contributed by atoms with E-state index in [1.165, 1.54) is 0 Å². The maximum atomic E-state index is 12.3. The highest BCUT2D eigenvalue weighted by Gasteiger charge is 2.10. The van der Waals surface area contributed by atoms with Crippen LogP contribution in [0.4, 0.5) is 0 Å². The van der Waals surface area contributed by atoms with Crippen molar-refractivity contribution in [3.05, 3.63) is 40.3 Å². The minimum absolute atomic E-state index is 0.0872. The molecule has 0 bridgehead atoms. The van der Waals surface area contributed by atoms with E-state index >= 15 is 0 Å². The Morgan fingerprint density at radius 2 is 1.93 bits per heavy atom. The maximum absolute atomic E-state index is 12.3. The molecule has 0 radical (unpaired) electrons. The summed E-state index contributed by atoms with van der Waals surface area (Å²) in [5.74, 6) is 1.54. The van der Waals surface area contributed by atoms with Gasteiger partial charge in [0, 0.05) is 31.6 Å². The molecule has 0 aliphatic rings. The van der Waals surface area contributed by atoms with E-state index in [0.717, 1.165) is 12.0 Å². The molecule has 1 aromatic heterocycles. The standard InChI is InChI=1S/C21H30N4O4/c1-4-28-13-14-29-17-7-5-16(6-8-17)20-23-21(27)18(24-25-20)9-10-19(26)22-12-11-15(2)3/h5-8,15H,4,9-14H2,1-3H3,(H,22,26)(H,23,25,27). The zero-order chi connectivity index (χ0) is 21.1. The number of hydrogen-bond donors (Lipinski definition) is 2. The molecule has 0 saturated carbocycles. The number of H-pyrrole nitrogens is 1. The summed E-state index contributed by atoms with van der Waals surface area (Å²) >= 11 is 0. The number of nitrogens with zero attached hydrogens (tertiary/aromatic N) is 2. The minimum atomic E-state index is -0.331. The van der Waals surface area contributed by atoms with Gasteiger partial charge in [-0.2, -0.15) is 0 Å². The van der Waals surface area contributed by atoms with Crippen LogP contribution in [0, 0.1) is 5.92 Å². The third-order valence-electron chi connectivity index (χ3n) is 4.23. The molecule has 2 aromatic rings. The monoisotopic (exact) mass is 402 g/mol. The topological polar surface area (TPSA) is 106 Å². The molecule has 158 valence electrons. The van der Waals surface area contributed by atoms with Crippen molar-refractivity contribution in [1.29, 1.82) is 0 Å². The van der Waals surface area contributed by atoms with Crippen molar-refractivity contribution in [2.24, 2.45) is 5.92 Å². The molecule has 0 atom stereocenters. The molecule has 0 unspecified atom stereocenters. The van der Waals surface area contributed by atoms with Gasteiger partial charge in [0.25, 0.3) is 5.56 Å². The number of benzene rings is 1. The second-order valence-corrected chi connectivity index (χ2v) is 7.05. The lowest BCUT2D eigenvalue weighted by Gasteiger charge is -2.08. The number of amides is 1. The Kier molecular flexibility index (Phi) is 9.30. The van der Waals surface area contributed by atoms with Crippen molar-refractivity contribution >= 4 is 5.91 Å². The summed E-state index contributed by atoms with van der Waals surface area (Å²) in [6, 6.07) is 7.21. The smallest absolute Gasteiger partial charge is 0.273 e. The average molecular weight is 402 g/mol. The highest BCUT2D eigenvalue weighted by Crippen LogP contribution is 2.18. The molecule has 8 heteroatoms. The number of aromatic amines is 1. The number of rotatable bonds is 12. The SMILES string of the molecule is CCOCCOc1ccc(-c2nnc(CCC(=O)NCCC(C)C)c(=O)[nH]2)cc1. The van der Waals surface area contributed by atoms with Gasteiger partial charge < -0.3 is 19.8 Å². The van der Waals surface area contributed by atoms with E-state index in [1.807, 2.05) is 6.92 Å². The third-order valence-corrected chi connectivity index (χ3v) is 4.23. The molecular formula is C21H30N4O4. The number of aromatic nitrogens is 3. The molecule has 1 amide bonds. The first-order valence-electron chi connectivity index (χ1n) is 10.0. The van der Waals surface area contributed by atoms with Crippen LogP contribution in [0.2, 0.25) is 0 Å². The van der Waals surface area contributed by atoms with Gasteiger partial charge in [-0.25, -0.2) is 0 Å². The summed E-state index contributed by atoms with van der Waals surface area (Å²) in [6.45, 7) is 8.45. The Bertz CT molecular complexity index is 818. The lowest BCUT2D eigenvalue weighted by molar-refractivity contribution is -0.121. The Morgan fingerprint density at radius 1 is 1.17 bits per heavy atom. The van der Waals surface area contributed by atoms with Crippen LogP contribution in [0.3, 0.4) is 0 Å². The molecule has 0 fully saturated rings. The Morgan fingerprint density at radius 3 is 2.59 bits per heavy atom. The molecule has 29 heavy (non-hydrogen) atoms. The molecule has 0 spiro atoms. The minimum Gasteiger partial charge on any atom is -0.491 e. The van der Waals surface area contributed by atoms with Gasteiger partial charge in [-0.1, -0.05) is 13.8 Å². The highest BCUT2D eigenvalue weighted by molar-refractivity contribution is 5.76. The van der Waals surface area contributed by atoms with Gasteiger partial charge in [0.15, 0.2) is 5.82 Å². The van der Waals surface area contributed by atoms with Crippen LogP contribution < -0.4 is 15.6 Å². The lowest BCUT2D eigenvalue weighted by atomic mass is 10.1. The molecule has 0 aliphatic carbocycles. The molecule has 8 nitrogen and oxygen atoms in total. The van der Waals surface area contributed by atoms with Gasteiger partial charge in [0.05, 0.1) is 6.61 Å². The summed E-state index contributed by atoms with van der Waals surface area (Å²) in [7, 11) is 0. The third kappa shape index (κ3) is 8.03.